The molecule has 0 radical (unpaired) electrons. The molecule has 1 saturated carbocycles. The number of halogens is 3. The molecule has 3 aliphatic rings. The van der Waals surface area contributed by atoms with Crippen molar-refractivity contribution in [2.24, 2.45) is 5.41 Å². The molecule has 1 amide bonds. The van der Waals surface area contributed by atoms with Gasteiger partial charge in [0.05, 0.1) is 23.2 Å². The summed E-state index contributed by atoms with van der Waals surface area (Å²) in [6.07, 6.45) is -0.334. The van der Waals surface area contributed by atoms with E-state index in [2.05, 4.69) is 10.2 Å². The third kappa shape index (κ3) is 5.14. The largest absolute Gasteiger partial charge is 0.508 e. The van der Waals surface area contributed by atoms with E-state index in [4.69, 9.17) is 5.26 Å². The fraction of sp³-hybridized carbons (Fsp3) is 0.481. The van der Waals surface area contributed by atoms with Crippen molar-refractivity contribution in [1.29, 1.82) is 5.26 Å². The topological polar surface area (TPSA) is 79.6 Å². The second-order valence-electron chi connectivity index (χ2n) is 10.4. The molecule has 190 valence electrons. The highest BCUT2D eigenvalue weighted by Crippen LogP contribution is 2.45. The van der Waals surface area contributed by atoms with Gasteiger partial charge in [-0.1, -0.05) is 12.1 Å². The van der Waals surface area contributed by atoms with Crippen LogP contribution < -0.4 is 10.2 Å². The molecule has 5 rings (SSSR count). The lowest BCUT2D eigenvalue weighted by atomic mass is 9.76. The van der Waals surface area contributed by atoms with Gasteiger partial charge in [-0.05, 0) is 73.4 Å². The van der Waals surface area contributed by atoms with E-state index in [0.29, 0.717) is 31.7 Å². The lowest BCUT2D eigenvalue weighted by Crippen LogP contribution is -2.43. The first-order chi connectivity index (χ1) is 17.2. The molecular weight excluding hydrogens is 469 g/mol. The molecule has 2 heterocycles. The number of aromatic hydroxyl groups is 1. The quantitative estimate of drug-likeness (QED) is 0.638. The van der Waals surface area contributed by atoms with Gasteiger partial charge in [0, 0.05) is 37.9 Å². The van der Waals surface area contributed by atoms with Crippen molar-refractivity contribution in [3.63, 3.8) is 0 Å². The Labute approximate surface area is 208 Å². The van der Waals surface area contributed by atoms with Gasteiger partial charge in [0.1, 0.15) is 5.75 Å². The molecule has 1 unspecified atom stereocenters. The molecule has 2 aliphatic heterocycles. The number of piperidine rings is 1. The molecule has 1 aliphatic carbocycles. The van der Waals surface area contributed by atoms with E-state index >= 15 is 0 Å². The monoisotopic (exact) mass is 498 g/mol. The number of anilines is 1. The van der Waals surface area contributed by atoms with Crippen molar-refractivity contribution < 1.29 is 23.1 Å². The third-order valence-corrected chi connectivity index (χ3v) is 7.75. The minimum absolute atomic E-state index is 0.0406. The number of nitrogens with one attached hydrogen (secondary N) is 1. The number of hydrogen-bond donors (Lipinski definition) is 2. The van der Waals surface area contributed by atoms with E-state index < -0.39 is 11.7 Å². The van der Waals surface area contributed by atoms with Gasteiger partial charge in [0.2, 0.25) is 5.91 Å². The van der Waals surface area contributed by atoms with Crippen LogP contribution >= 0.6 is 0 Å². The van der Waals surface area contributed by atoms with Crippen molar-refractivity contribution >= 4 is 11.6 Å². The summed E-state index contributed by atoms with van der Waals surface area (Å²) in [6, 6.07) is 12.6. The summed E-state index contributed by atoms with van der Waals surface area (Å²) in [5.41, 5.74) is 0.0263. The maximum atomic E-state index is 13.5. The molecule has 2 N–H and O–H groups in total. The van der Waals surface area contributed by atoms with Gasteiger partial charge in [-0.2, -0.15) is 18.4 Å². The number of likely N-dealkylation sites (tertiary alicyclic amines) is 1. The number of amides is 1. The van der Waals surface area contributed by atoms with Crippen LogP contribution in [0, 0.1) is 16.7 Å². The Morgan fingerprint density at radius 3 is 2.56 bits per heavy atom. The molecule has 1 spiro atoms. The zero-order valence-corrected chi connectivity index (χ0v) is 19.9. The number of phenolic OH excluding ortho intramolecular Hbond substituents is 1. The molecule has 2 saturated heterocycles. The van der Waals surface area contributed by atoms with Crippen LogP contribution in [0.2, 0.25) is 0 Å². The lowest BCUT2D eigenvalue weighted by molar-refractivity contribution is -0.137. The number of nitrogens with zero attached hydrogens (tertiary/aromatic N) is 3. The van der Waals surface area contributed by atoms with E-state index in [1.165, 1.54) is 6.07 Å². The highest BCUT2D eigenvalue weighted by molar-refractivity contribution is 5.82. The Morgan fingerprint density at radius 1 is 1.17 bits per heavy atom. The van der Waals surface area contributed by atoms with Gasteiger partial charge in [0.25, 0.3) is 0 Å². The smallest absolute Gasteiger partial charge is 0.417 e. The summed E-state index contributed by atoms with van der Waals surface area (Å²) in [4.78, 5) is 17.3. The normalized spacial score (nSPS) is 21.9. The summed E-state index contributed by atoms with van der Waals surface area (Å²) in [5, 5.41) is 22.1. The first kappa shape index (κ1) is 24.4. The van der Waals surface area contributed by atoms with Crippen LogP contribution in [0.3, 0.4) is 0 Å². The number of rotatable bonds is 5. The Morgan fingerprint density at radius 2 is 1.92 bits per heavy atom. The highest BCUT2D eigenvalue weighted by Gasteiger charge is 2.48. The van der Waals surface area contributed by atoms with Gasteiger partial charge >= 0.3 is 6.18 Å². The van der Waals surface area contributed by atoms with Crippen molar-refractivity contribution in [2.75, 3.05) is 24.5 Å². The van der Waals surface area contributed by atoms with Crippen molar-refractivity contribution in [3.8, 4) is 11.8 Å². The second-order valence-corrected chi connectivity index (χ2v) is 10.4. The maximum Gasteiger partial charge on any atom is 0.417 e. The maximum absolute atomic E-state index is 13.5. The van der Waals surface area contributed by atoms with Crippen molar-refractivity contribution in [1.82, 2.24) is 10.2 Å². The number of carbonyl (C=O) groups excluding carboxylic acids is 1. The van der Waals surface area contributed by atoms with Crippen LogP contribution in [-0.4, -0.2) is 47.6 Å². The molecule has 3 fully saturated rings. The standard InChI is InChI=1S/C27H29F3N4O2/c28-27(29,30)23-13-21(7-4-19(23)15-31)33-10-8-26(9-11-33)14-24(25(36)32-20-5-6-20)34(17-26)16-18-2-1-3-22(35)12-18/h1-4,7,12-13,20,24,35H,5-6,8-11,14,16-17H2,(H,32,36). The minimum Gasteiger partial charge on any atom is -0.508 e. The van der Waals surface area contributed by atoms with Gasteiger partial charge in [-0.15, -0.1) is 0 Å². The molecule has 2 aromatic rings. The van der Waals surface area contributed by atoms with Crippen LogP contribution in [0.5, 0.6) is 5.75 Å². The Balaban J connectivity index is 1.31. The number of nitriles is 1. The van der Waals surface area contributed by atoms with Gasteiger partial charge in [-0.3, -0.25) is 9.69 Å². The van der Waals surface area contributed by atoms with E-state index in [-0.39, 0.29) is 34.7 Å². The Kier molecular flexibility index (Phi) is 6.33. The number of hydrogen-bond acceptors (Lipinski definition) is 5. The summed E-state index contributed by atoms with van der Waals surface area (Å²) >= 11 is 0. The van der Waals surface area contributed by atoms with Gasteiger partial charge < -0.3 is 15.3 Å². The van der Waals surface area contributed by atoms with Crippen LogP contribution in [0.15, 0.2) is 42.5 Å². The summed E-state index contributed by atoms with van der Waals surface area (Å²) in [7, 11) is 0. The first-order valence-electron chi connectivity index (χ1n) is 12.3. The minimum atomic E-state index is -4.59. The molecule has 1 atom stereocenters. The second kappa shape index (κ2) is 9.32. The molecule has 9 heteroatoms. The highest BCUT2D eigenvalue weighted by atomic mass is 19.4. The average Bonchev–Trinajstić information content (AvgIpc) is 3.59. The zero-order chi connectivity index (χ0) is 25.5. The molecule has 2 aromatic carbocycles. The number of carbonyl (C=O) groups is 1. The molecule has 0 aromatic heterocycles. The van der Waals surface area contributed by atoms with Gasteiger partial charge in [0.15, 0.2) is 0 Å². The van der Waals surface area contributed by atoms with Crippen LogP contribution in [-0.2, 0) is 17.5 Å². The Hall–Kier alpha value is -3.25. The SMILES string of the molecule is N#Cc1ccc(N2CCC3(CC2)CC(C(=O)NC2CC2)N(Cc2cccc(O)c2)C3)cc1C(F)(F)F. The Bertz CT molecular complexity index is 1180. The number of benzene rings is 2. The number of phenols is 1. The lowest BCUT2D eigenvalue weighted by Gasteiger charge is -2.40. The zero-order valence-electron chi connectivity index (χ0n) is 19.9. The first-order valence-corrected chi connectivity index (χ1v) is 12.3. The van der Waals surface area contributed by atoms with Crippen molar-refractivity contribution in [3.05, 3.63) is 59.2 Å². The fourth-order valence-electron chi connectivity index (χ4n) is 5.65. The third-order valence-electron chi connectivity index (χ3n) is 7.75. The van der Waals surface area contributed by atoms with E-state index in [1.807, 2.05) is 11.0 Å². The van der Waals surface area contributed by atoms with Crippen LogP contribution in [0.25, 0.3) is 0 Å². The van der Waals surface area contributed by atoms with E-state index in [1.54, 1.807) is 30.3 Å². The van der Waals surface area contributed by atoms with E-state index in [0.717, 1.165) is 43.9 Å². The summed E-state index contributed by atoms with van der Waals surface area (Å²) in [6.45, 7) is 2.44. The molecule has 6 nitrogen and oxygen atoms in total. The number of alkyl halides is 3. The molecular formula is C27H29F3N4O2. The predicted octanol–water partition coefficient (Wildman–Crippen LogP) is 4.42. The van der Waals surface area contributed by atoms with Crippen LogP contribution in [0.1, 0.15) is 48.8 Å². The fourth-order valence-corrected chi connectivity index (χ4v) is 5.65. The van der Waals surface area contributed by atoms with E-state index in [9.17, 15) is 23.1 Å². The predicted molar refractivity (Wildman–Crippen MR) is 128 cm³/mol. The van der Waals surface area contributed by atoms with Crippen LogP contribution in [0.4, 0.5) is 18.9 Å². The van der Waals surface area contributed by atoms with Crippen molar-refractivity contribution in [2.45, 2.75) is 56.9 Å². The average molecular weight is 499 g/mol. The summed E-state index contributed by atoms with van der Waals surface area (Å²) in [5.74, 6) is 0.230. The molecule has 36 heavy (non-hydrogen) atoms. The summed E-state index contributed by atoms with van der Waals surface area (Å²) < 4.78 is 40.4. The molecule has 0 bridgehead atoms. The van der Waals surface area contributed by atoms with Gasteiger partial charge in [-0.25, -0.2) is 0 Å².